The first-order chi connectivity index (χ1) is 9.70. The lowest BCUT2D eigenvalue weighted by Gasteiger charge is -2.36. The summed E-state index contributed by atoms with van der Waals surface area (Å²) in [5.74, 6) is 0.269. The molecule has 1 fully saturated rings. The maximum absolute atomic E-state index is 12.0. The number of benzene rings is 1. The molecule has 20 heavy (non-hydrogen) atoms. The van der Waals surface area contributed by atoms with E-state index in [1.54, 1.807) is 0 Å². The summed E-state index contributed by atoms with van der Waals surface area (Å²) in [5, 5.41) is 3.83. The van der Waals surface area contributed by atoms with Crippen molar-refractivity contribution in [2.45, 2.75) is 12.8 Å². The van der Waals surface area contributed by atoms with E-state index in [1.165, 1.54) is 0 Å². The van der Waals surface area contributed by atoms with Crippen molar-refractivity contribution in [1.29, 1.82) is 0 Å². The Morgan fingerprint density at radius 1 is 1.30 bits per heavy atom. The molecule has 5 heteroatoms. The van der Waals surface area contributed by atoms with Crippen molar-refractivity contribution in [2.75, 3.05) is 44.7 Å². The Kier molecular flexibility index (Phi) is 5.68. The van der Waals surface area contributed by atoms with Crippen LogP contribution in [-0.4, -0.2) is 50.6 Å². The minimum absolute atomic E-state index is 0.269. The highest BCUT2D eigenvalue weighted by molar-refractivity contribution is 6.30. The molecule has 1 heterocycles. The quantitative estimate of drug-likeness (QED) is 0.844. The summed E-state index contributed by atoms with van der Waals surface area (Å²) in [6, 6.07) is 7.89. The lowest BCUT2D eigenvalue weighted by atomic mass is 10.2. The Balaban J connectivity index is 1.81. The van der Waals surface area contributed by atoms with Gasteiger partial charge < -0.3 is 15.1 Å². The molecule has 0 bridgehead atoms. The van der Waals surface area contributed by atoms with Crippen molar-refractivity contribution < 1.29 is 4.79 Å². The average Bonchev–Trinajstić information content (AvgIpc) is 2.47. The smallest absolute Gasteiger partial charge is 0.222 e. The van der Waals surface area contributed by atoms with Crippen molar-refractivity contribution >= 4 is 23.2 Å². The third-order valence-corrected chi connectivity index (χ3v) is 3.86. The maximum atomic E-state index is 12.0. The van der Waals surface area contributed by atoms with Gasteiger partial charge in [-0.3, -0.25) is 4.79 Å². The molecule has 1 aromatic rings. The molecule has 2 rings (SSSR count). The van der Waals surface area contributed by atoms with Crippen LogP contribution in [0, 0.1) is 0 Å². The van der Waals surface area contributed by atoms with Gasteiger partial charge in [-0.2, -0.15) is 0 Å². The first-order valence-electron chi connectivity index (χ1n) is 7.13. The number of piperazine rings is 1. The van der Waals surface area contributed by atoms with Crippen LogP contribution in [0.3, 0.4) is 0 Å². The topological polar surface area (TPSA) is 35.6 Å². The molecular formula is C15H22ClN3O. The molecule has 0 saturated carbocycles. The summed E-state index contributed by atoms with van der Waals surface area (Å²) in [5.41, 5.74) is 1.14. The van der Waals surface area contributed by atoms with Crippen LogP contribution in [0.1, 0.15) is 12.8 Å². The fourth-order valence-electron chi connectivity index (χ4n) is 2.46. The van der Waals surface area contributed by atoms with E-state index in [0.717, 1.165) is 49.9 Å². The molecule has 0 unspecified atom stereocenters. The minimum Gasteiger partial charge on any atom is -0.368 e. The number of amides is 1. The third-order valence-electron chi connectivity index (χ3n) is 3.62. The van der Waals surface area contributed by atoms with E-state index in [4.69, 9.17) is 11.6 Å². The van der Waals surface area contributed by atoms with Crippen LogP contribution in [0.4, 0.5) is 5.69 Å². The van der Waals surface area contributed by atoms with Gasteiger partial charge in [-0.1, -0.05) is 17.7 Å². The normalized spacial score (nSPS) is 15.5. The van der Waals surface area contributed by atoms with Gasteiger partial charge in [0.25, 0.3) is 0 Å². The molecule has 0 atom stereocenters. The first-order valence-corrected chi connectivity index (χ1v) is 7.51. The summed E-state index contributed by atoms with van der Waals surface area (Å²) in [4.78, 5) is 16.3. The number of carbonyl (C=O) groups excluding carboxylic acids is 1. The molecule has 4 nitrogen and oxygen atoms in total. The van der Waals surface area contributed by atoms with Crippen LogP contribution < -0.4 is 10.2 Å². The zero-order valence-corrected chi connectivity index (χ0v) is 12.7. The van der Waals surface area contributed by atoms with E-state index in [2.05, 4.69) is 16.3 Å². The van der Waals surface area contributed by atoms with Crippen LogP contribution in [-0.2, 0) is 4.79 Å². The lowest BCUT2D eigenvalue weighted by Crippen LogP contribution is -2.48. The Morgan fingerprint density at radius 3 is 2.70 bits per heavy atom. The number of rotatable bonds is 5. The van der Waals surface area contributed by atoms with E-state index in [1.807, 2.05) is 30.1 Å². The first kappa shape index (κ1) is 15.1. The van der Waals surface area contributed by atoms with Crippen LogP contribution in [0.25, 0.3) is 0 Å². The van der Waals surface area contributed by atoms with E-state index < -0.39 is 0 Å². The number of carbonyl (C=O) groups is 1. The standard InChI is InChI=1S/C15H22ClN3O/c1-17-7-3-6-15(20)19-10-8-18(9-11-19)14-5-2-4-13(16)12-14/h2,4-5,12,17H,3,6-11H2,1H3. The van der Waals surface area contributed by atoms with E-state index >= 15 is 0 Å². The molecule has 1 aliphatic heterocycles. The minimum atomic E-state index is 0.269. The fraction of sp³-hybridized carbons (Fsp3) is 0.533. The van der Waals surface area contributed by atoms with Gasteiger partial charge in [0.05, 0.1) is 0 Å². The van der Waals surface area contributed by atoms with Gasteiger partial charge in [-0.05, 0) is 38.2 Å². The molecular weight excluding hydrogens is 274 g/mol. The van der Waals surface area contributed by atoms with Gasteiger partial charge in [0.1, 0.15) is 0 Å². The van der Waals surface area contributed by atoms with E-state index in [0.29, 0.717) is 6.42 Å². The van der Waals surface area contributed by atoms with E-state index in [-0.39, 0.29) is 5.91 Å². The molecule has 0 aliphatic carbocycles. The third kappa shape index (κ3) is 4.12. The second-order valence-corrected chi connectivity index (χ2v) is 5.49. The molecule has 0 aromatic heterocycles. The zero-order valence-electron chi connectivity index (χ0n) is 11.9. The molecule has 1 amide bonds. The summed E-state index contributed by atoms with van der Waals surface area (Å²) in [7, 11) is 1.91. The number of nitrogens with one attached hydrogen (secondary N) is 1. The number of hydrogen-bond donors (Lipinski definition) is 1. The zero-order chi connectivity index (χ0) is 14.4. The summed E-state index contributed by atoms with van der Waals surface area (Å²) < 4.78 is 0. The van der Waals surface area contributed by atoms with Crippen molar-refractivity contribution in [3.63, 3.8) is 0 Å². The highest BCUT2D eigenvalue weighted by Crippen LogP contribution is 2.20. The van der Waals surface area contributed by atoms with E-state index in [9.17, 15) is 4.79 Å². The van der Waals surface area contributed by atoms with Crippen molar-refractivity contribution in [1.82, 2.24) is 10.2 Å². The lowest BCUT2D eigenvalue weighted by molar-refractivity contribution is -0.131. The predicted octanol–water partition coefficient (Wildman–Crippen LogP) is 1.99. The molecule has 1 aliphatic rings. The molecule has 1 aromatic carbocycles. The Morgan fingerprint density at radius 2 is 2.05 bits per heavy atom. The summed E-state index contributed by atoms with van der Waals surface area (Å²) in [6.45, 7) is 4.24. The van der Waals surface area contributed by atoms with Crippen molar-refractivity contribution in [2.24, 2.45) is 0 Å². The number of anilines is 1. The number of hydrogen-bond acceptors (Lipinski definition) is 3. The summed E-state index contributed by atoms with van der Waals surface area (Å²) in [6.07, 6.45) is 1.54. The maximum Gasteiger partial charge on any atom is 0.222 e. The van der Waals surface area contributed by atoms with Gasteiger partial charge in [0, 0.05) is 43.3 Å². The Hall–Kier alpha value is -1.26. The molecule has 110 valence electrons. The van der Waals surface area contributed by atoms with Gasteiger partial charge in [-0.15, -0.1) is 0 Å². The number of halogens is 1. The average molecular weight is 296 g/mol. The van der Waals surface area contributed by atoms with Crippen LogP contribution in [0.5, 0.6) is 0 Å². The SMILES string of the molecule is CNCCCC(=O)N1CCN(c2cccc(Cl)c2)CC1. The monoisotopic (exact) mass is 295 g/mol. The Labute approximate surface area is 125 Å². The second-order valence-electron chi connectivity index (χ2n) is 5.05. The largest absolute Gasteiger partial charge is 0.368 e. The van der Waals surface area contributed by atoms with Crippen LogP contribution >= 0.6 is 11.6 Å². The molecule has 1 saturated heterocycles. The second kappa shape index (κ2) is 7.50. The van der Waals surface area contributed by atoms with Gasteiger partial charge in [0.2, 0.25) is 5.91 Å². The molecule has 0 spiro atoms. The highest BCUT2D eigenvalue weighted by Gasteiger charge is 2.20. The highest BCUT2D eigenvalue weighted by atomic mass is 35.5. The van der Waals surface area contributed by atoms with Gasteiger partial charge in [0.15, 0.2) is 0 Å². The van der Waals surface area contributed by atoms with Crippen LogP contribution in [0.15, 0.2) is 24.3 Å². The fourth-order valence-corrected chi connectivity index (χ4v) is 2.65. The van der Waals surface area contributed by atoms with Gasteiger partial charge >= 0.3 is 0 Å². The molecule has 0 radical (unpaired) electrons. The van der Waals surface area contributed by atoms with Crippen molar-refractivity contribution in [3.8, 4) is 0 Å². The van der Waals surface area contributed by atoms with Gasteiger partial charge in [-0.25, -0.2) is 0 Å². The Bertz CT molecular complexity index is 444. The van der Waals surface area contributed by atoms with Crippen LogP contribution in [0.2, 0.25) is 5.02 Å². The molecule has 1 N–H and O–H groups in total. The number of nitrogens with zero attached hydrogens (tertiary/aromatic N) is 2. The predicted molar refractivity (Wildman–Crippen MR) is 83.4 cm³/mol. The summed E-state index contributed by atoms with van der Waals surface area (Å²) >= 11 is 6.02. The van der Waals surface area contributed by atoms with Crippen molar-refractivity contribution in [3.05, 3.63) is 29.3 Å².